The number of aliphatic carboxylic acids is 1. The number of hydrogen-bond acceptors (Lipinski definition) is 4. The summed E-state index contributed by atoms with van der Waals surface area (Å²) in [6.45, 7) is 6.89. The molecule has 0 radical (unpaired) electrons. The first-order valence-electron chi connectivity index (χ1n) is 6.39. The molecule has 0 spiro atoms. The second-order valence-corrected chi connectivity index (χ2v) is 5.24. The number of carboxylic acids is 1. The molecule has 112 valence electrons. The number of carboxylic acid groups (broad SMARTS) is 1. The van der Waals surface area contributed by atoms with Gasteiger partial charge < -0.3 is 9.84 Å². The first kappa shape index (κ1) is 16.1. The van der Waals surface area contributed by atoms with Crippen molar-refractivity contribution < 1.29 is 19.0 Å². The Morgan fingerprint density at radius 3 is 2.45 bits per heavy atom. The van der Waals surface area contributed by atoms with E-state index in [-0.39, 0.29) is 29.9 Å². The SMILES string of the molecule is CC(C)COc1c(C(C)C)nn(CC(=O)O)c(=O)c1F. The second-order valence-electron chi connectivity index (χ2n) is 5.24. The maximum atomic E-state index is 14.1. The van der Waals surface area contributed by atoms with Crippen LogP contribution in [0, 0.1) is 11.7 Å². The summed E-state index contributed by atoms with van der Waals surface area (Å²) in [5, 5.41) is 12.6. The number of halogens is 1. The van der Waals surface area contributed by atoms with Crippen molar-refractivity contribution in [3.8, 4) is 5.75 Å². The first-order valence-corrected chi connectivity index (χ1v) is 6.39. The largest absolute Gasteiger partial charge is 0.488 e. The van der Waals surface area contributed by atoms with Gasteiger partial charge in [0.2, 0.25) is 5.82 Å². The third kappa shape index (κ3) is 3.79. The van der Waals surface area contributed by atoms with E-state index in [2.05, 4.69) is 5.10 Å². The number of ether oxygens (including phenoxy) is 1. The molecule has 6 nitrogen and oxygen atoms in total. The van der Waals surface area contributed by atoms with E-state index in [1.54, 1.807) is 13.8 Å². The Bertz CT molecular complexity index is 552. The fraction of sp³-hybridized carbons (Fsp3) is 0.615. The molecule has 0 unspecified atom stereocenters. The molecule has 1 rings (SSSR count). The Balaban J connectivity index is 3.32. The van der Waals surface area contributed by atoms with Gasteiger partial charge in [0.05, 0.1) is 6.61 Å². The van der Waals surface area contributed by atoms with E-state index in [1.165, 1.54) is 0 Å². The summed E-state index contributed by atoms with van der Waals surface area (Å²) in [7, 11) is 0. The molecule has 0 atom stereocenters. The third-order valence-electron chi connectivity index (χ3n) is 2.48. The lowest BCUT2D eigenvalue weighted by Gasteiger charge is -2.16. The average molecular weight is 286 g/mol. The highest BCUT2D eigenvalue weighted by Gasteiger charge is 2.22. The van der Waals surface area contributed by atoms with Gasteiger partial charge in [-0.15, -0.1) is 0 Å². The van der Waals surface area contributed by atoms with Crippen LogP contribution < -0.4 is 10.3 Å². The highest BCUT2D eigenvalue weighted by atomic mass is 19.1. The van der Waals surface area contributed by atoms with E-state index >= 15 is 0 Å². The van der Waals surface area contributed by atoms with Gasteiger partial charge in [-0.05, 0) is 5.92 Å². The van der Waals surface area contributed by atoms with Gasteiger partial charge in [-0.25, -0.2) is 4.68 Å². The zero-order chi connectivity index (χ0) is 15.4. The Hall–Kier alpha value is -1.92. The van der Waals surface area contributed by atoms with Crippen molar-refractivity contribution in [1.29, 1.82) is 0 Å². The lowest BCUT2D eigenvalue weighted by atomic mass is 10.1. The van der Waals surface area contributed by atoms with Crippen LogP contribution in [0.2, 0.25) is 0 Å². The van der Waals surface area contributed by atoms with E-state index < -0.39 is 23.9 Å². The molecular weight excluding hydrogens is 267 g/mol. The highest BCUT2D eigenvalue weighted by Crippen LogP contribution is 2.25. The molecule has 1 aromatic rings. The van der Waals surface area contributed by atoms with Crippen LogP contribution in [0.15, 0.2) is 4.79 Å². The summed E-state index contributed by atoms with van der Waals surface area (Å²) in [6.07, 6.45) is 0. The Morgan fingerprint density at radius 1 is 1.40 bits per heavy atom. The topological polar surface area (TPSA) is 81.4 Å². The molecule has 0 saturated carbocycles. The van der Waals surface area contributed by atoms with Crippen LogP contribution in [0.4, 0.5) is 4.39 Å². The van der Waals surface area contributed by atoms with Gasteiger partial charge in [0.15, 0.2) is 5.75 Å². The second kappa shape index (κ2) is 6.49. The maximum absolute atomic E-state index is 14.1. The molecule has 1 N–H and O–H groups in total. The molecule has 0 aliphatic carbocycles. The van der Waals surface area contributed by atoms with Crippen LogP contribution >= 0.6 is 0 Å². The molecule has 0 aliphatic heterocycles. The van der Waals surface area contributed by atoms with Gasteiger partial charge in [0.1, 0.15) is 12.2 Å². The number of nitrogens with zero attached hydrogens (tertiary/aromatic N) is 2. The molecule has 0 bridgehead atoms. The number of rotatable bonds is 6. The third-order valence-corrected chi connectivity index (χ3v) is 2.48. The summed E-state index contributed by atoms with van der Waals surface area (Å²) in [6, 6.07) is 0. The lowest BCUT2D eigenvalue weighted by molar-refractivity contribution is -0.138. The fourth-order valence-electron chi connectivity index (χ4n) is 1.54. The summed E-state index contributed by atoms with van der Waals surface area (Å²) >= 11 is 0. The van der Waals surface area contributed by atoms with Gasteiger partial charge in [-0.2, -0.15) is 9.49 Å². The molecule has 7 heteroatoms. The van der Waals surface area contributed by atoms with Crippen LogP contribution in [-0.4, -0.2) is 27.5 Å². The predicted octanol–water partition coefficient (Wildman–Crippen LogP) is 1.63. The van der Waals surface area contributed by atoms with Crippen LogP contribution in [0.1, 0.15) is 39.3 Å². The Labute approximate surface area is 116 Å². The smallest absolute Gasteiger partial charge is 0.325 e. The van der Waals surface area contributed by atoms with Crippen LogP contribution in [-0.2, 0) is 11.3 Å². The van der Waals surface area contributed by atoms with Gasteiger partial charge in [0.25, 0.3) is 0 Å². The van der Waals surface area contributed by atoms with Crippen molar-refractivity contribution in [2.24, 2.45) is 5.92 Å². The number of aromatic nitrogens is 2. The zero-order valence-electron chi connectivity index (χ0n) is 12.0. The molecule has 0 aromatic carbocycles. The minimum Gasteiger partial charge on any atom is -0.488 e. The van der Waals surface area contributed by atoms with Crippen molar-refractivity contribution >= 4 is 5.97 Å². The molecule has 1 heterocycles. The Kier molecular flexibility index (Phi) is 5.24. The van der Waals surface area contributed by atoms with Gasteiger partial charge >= 0.3 is 11.5 Å². The van der Waals surface area contributed by atoms with Gasteiger partial charge in [0, 0.05) is 5.92 Å². The van der Waals surface area contributed by atoms with Crippen molar-refractivity contribution in [1.82, 2.24) is 9.78 Å². The molecular formula is C13H19FN2O4. The fourth-order valence-corrected chi connectivity index (χ4v) is 1.54. The van der Waals surface area contributed by atoms with E-state index in [1.807, 2.05) is 13.8 Å². The van der Waals surface area contributed by atoms with E-state index in [4.69, 9.17) is 9.84 Å². The first-order chi connectivity index (χ1) is 9.23. The van der Waals surface area contributed by atoms with Crippen molar-refractivity contribution in [3.63, 3.8) is 0 Å². The van der Waals surface area contributed by atoms with Crippen molar-refractivity contribution in [3.05, 3.63) is 21.9 Å². The zero-order valence-corrected chi connectivity index (χ0v) is 12.0. The molecule has 1 aromatic heterocycles. The van der Waals surface area contributed by atoms with E-state index in [9.17, 15) is 14.0 Å². The van der Waals surface area contributed by atoms with Gasteiger partial charge in [-0.3, -0.25) is 9.59 Å². The van der Waals surface area contributed by atoms with E-state index in [0.717, 1.165) is 0 Å². The summed E-state index contributed by atoms with van der Waals surface area (Å²) in [5.41, 5.74) is -0.848. The van der Waals surface area contributed by atoms with Gasteiger partial charge in [-0.1, -0.05) is 27.7 Å². The monoisotopic (exact) mass is 286 g/mol. The van der Waals surface area contributed by atoms with Crippen molar-refractivity contribution in [2.75, 3.05) is 6.61 Å². The van der Waals surface area contributed by atoms with Crippen LogP contribution in [0.5, 0.6) is 5.75 Å². The molecule has 0 aliphatic rings. The quantitative estimate of drug-likeness (QED) is 0.859. The molecule has 0 saturated heterocycles. The lowest BCUT2D eigenvalue weighted by Crippen LogP contribution is -2.31. The molecule has 20 heavy (non-hydrogen) atoms. The standard InChI is InChI=1S/C13H19FN2O4/c1-7(2)6-20-12-10(14)13(19)16(5-9(17)18)15-11(12)8(3)4/h7-8H,5-6H2,1-4H3,(H,17,18). The predicted molar refractivity (Wildman–Crippen MR) is 70.5 cm³/mol. The number of carbonyl (C=O) groups is 1. The maximum Gasteiger partial charge on any atom is 0.325 e. The molecule has 0 fully saturated rings. The van der Waals surface area contributed by atoms with E-state index in [0.29, 0.717) is 4.68 Å². The van der Waals surface area contributed by atoms with Crippen molar-refractivity contribution in [2.45, 2.75) is 40.2 Å². The number of hydrogen-bond donors (Lipinski definition) is 1. The highest BCUT2D eigenvalue weighted by molar-refractivity contribution is 5.66. The summed E-state index contributed by atoms with van der Waals surface area (Å²) in [4.78, 5) is 22.4. The Morgan fingerprint density at radius 2 is 2.00 bits per heavy atom. The van der Waals surface area contributed by atoms with Crippen LogP contribution in [0.3, 0.4) is 0 Å². The minimum atomic E-state index is -1.26. The summed E-state index contributed by atoms with van der Waals surface area (Å²) in [5.74, 6) is -2.57. The van der Waals surface area contributed by atoms with Crippen LogP contribution in [0.25, 0.3) is 0 Å². The normalized spacial score (nSPS) is 11.2. The summed E-state index contributed by atoms with van der Waals surface area (Å²) < 4.78 is 20.0. The molecule has 0 amide bonds. The average Bonchev–Trinajstić information content (AvgIpc) is 2.32. The minimum absolute atomic E-state index is 0.163.